The summed E-state index contributed by atoms with van der Waals surface area (Å²) < 4.78 is 0. The van der Waals surface area contributed by atoms with E-state index in [1.165, 1.54) is 83.6 Å². The van der Waals surface area contributed by atoms with Gasteiger partial charge in [0.1, 0.15) is 0 Å². The molecule has 0 radical (unpaired) electrons. The Hall–Kier alpha value is -0.0800. The van der Waals surface area contributed by atoms with Gasteiger partial charge in [0.2, 0.25) is 0 Å². The van der Waals surface area contributed by atoms with E-state index in [9.17, 15) is 0 Å². The number of unbranched alkanes of at least 4 members (excludes halogenated alkanes) is 5. The lowest BCUT2D eigenvalue weighted by Crippen LogP contribution is -2.55. The van der Waals surface area contributed by atoms with Crippen LogP contribution >= 0.6 is 0 Å². The highest BCUT2D eigenvalue weighted by atomic mass is 15.2. The van der Waals surface area contributed by atoms with Gasteiger partial charge < -0.3 is 5.73 Å². The van der Waals surface area contributed by atoms with E-state index in [0.29, 0.717) is 5.54 Å². The molecule has 118 valence electrons. The Morgan fingerprint density at radius 2 is 1.50 bits per heavy atom. The third-order valence-electron chi connectivity index (χ3n) is 5.91. The van der Waals surface area contributed by atoms with Crippen molar-refractivity contribution >= 4 is 0 Å². The van der Waals surface area contributed by atoms with Crippen LogP contribution in [-0.2, 0) is 0 Å². The molecule has 3 aliphatic carbocycles. The zero-order chi connectivity index (χ0) is 14.3. The molecule has 0 aromatic heterocycles. The van der Waals surface area contributed by atoms with Crippen LogP contribution in [0.2, 0.25) is 0 Å². The molecule has 3 saturated carbocycles. The quantitative estimate of drug-likeness (QED) is 0.603. The second-order valence-electron chi connectivity index (χ2n) is 7.25. The van der Waals surface area contributed by atoms with Crippen molar-refractivity contribution in [3.63, 3.8) is 0 Å². The molecule has 2 bridgehead atoms. The van der Waals surface area contributed by atoms with E-state index in [2.05, 4.69) is 11.8 Å². The number of hydrogen-bond acceptors (Lipinski definition) is 2. The van der Waals surface area contributed by atoms with Crippen LogP contribution in [0.25, 0.3) is 0 Å². The fourth-order valence-electron chi connectivity index (χ4n) is 4.53. The van der Waals surface area contributed by atoms with Gasteiger partial charge in [-0.3, -0.25) is 4.90 Å². The maximum atomic E-state index is 5.89. The number of hydrogen-bond donors (Lipinski definition) is 1. The summed E-state index contributed by atoms with van der Waals surface area (Å²) in [7, 11) is 0. The molecule has 0 heterocycles. The highest BCUT2D eigenvalue weighted by molar-refractivity contribution is 4.99. The topological polar surface area (TPSA) is 29.3 Å². The maximum Gasteiger partial charge on any atom is 0.0210 e. The molecular formula is C18H36N2. The van der Waals surface area contributed by atoms with E-state index >= 15 is 0 Å². The Morgan fingerprint density at radius 3 is 2.10 bits per heavy atom. The molecule has 2 N–H and O–H groups in total. The molecule has 0 atom stereocenters. The normalized spacial score (nSPS) is 29.2. The summed E-state index contributed by atoms with van der Waals surface area (Å²) in [6.07, 6.45) is 17.2. The molecule has 0 saturated heterocycles. The Balaban J connectivity index is 1.74. The van der Waals surface area contributed by atoms with E-state index in [4.69, 9.17) is 5.73 Å². The fraction of sp³-hybridized carbons (Fsp3) is 1.00. The van der Waals surface area contributed by atoms with Gasteiger partial charge in [-0.1, -0.05) is 39.0 Å². The van der Waals surface area contributed by atoms with Crippen molar-refractivity contribution in [2.24, 2.45) is 11.7 Å². The predicted octanol–water partition coefficient (Wildman–Crippen LogP) is 4.33. The predicted molar refractivity (Wildman–Crippen MR) is 87.9 cm³/mol. The van der Waals surface area contributed by atoms with Crippen molar-refractivity contribution in [3.8, 4) is 0 Å². The van der Waals surface area contributed by atoms with Gasteiger partial charge in [-0.2, -0.15) is 0 Å². The molecule has 2 heteroatoms. The molecule has 0 aliphatic heterocycles. The molecule has 0 spiro atoms. The summed E-state index contributed by atoms with van der Waals surface area (Å²) in [5.74, 6) is 1.06. The smallest absolute Gasteiger partial charge is 0.0210 e. The van der Waals surface area contributed by atoms with Crippen LogP contribution in [0.1, 0.15) is 84.0 Å². The second-order valence-corrected chi connectivity index (χ2v) is 7.25. The molecule has 0 aromatic rings. The van der Waals surface area contributed by atoms with Gasteiger partial charge in [0.15, 0.2) is 0 Å². The molecule has 20 heavy (non-hydrogen) atoms. The second kappa shape index (κ2) is 8.38. The van der Waals surface area contributed by atoms with Crippen LogP contribution in [0.15, 0.2) is 0 Å². The van der Waals surface area contributed by atoms with Crippen LogP contribution in [0.4, 0.5) is 0 Å². The van der Waals surface area contributed by atoms with Crippen molar-refractivity contribution < 1.29 is 0 Å². The van der Waals surface area contributed by atoms with Gasteiger partial charge in [0.05, 0.1) is 0 Å². The van der Waals surface area contributed by atoms with E-state index in [1.807, 2.05) is 0 Å². The van der Waals surface area contributed by atoms with Crippen LogP contribution in [0, 0.1) is 5.92 Å². The number of fused-ring (bicyclic) bond motifs is 3. The Morgan fingerprint density at radius 1 is 0.900 bits per heavy atom. The summed E-state index contributed by atoms with van der Waals surface area (Å²) in [5, 5.41) is 0. The highest BCUT2D eigenvalue weighted by Crippen LogP contribution is 2.47. The molecule has 0 aromatic carbocycles. The third kappa shape index (κ3) is 4.21. The van der Waals surface area contributed by atoms with Gasteiger partial charge in [-0.25, -0.2) is 0 Å². The van der Waals surface area contributed by atoms with Crippen molar-refractivity contribution in [2.75, 3.05) is 19.6 Å². The van der Waals surface area contributed by atoms with Crippen LogP contribution in [0.5, 0.6) is 0 Å². The largest absolute Gasteiger partial charge is 0.329 e. The summed E-state index contributed by atoms with van der Waals surface area (Å²) in [4.78, 5) is 2.79. The first-order valence-electron chi connectivity index (χ1n) is 9.26. The molecule has 3 aliphatic rings. The molecule has 0 amide bonds. The van der Waals surface area contributed by atoms with Crippen LogP contribution in [0.3, 0.4) is 0 Å². The van der Waals surface area contributed by atoms with Crippen LogP contribution < -0.4 is 5.73 Å². The zero-order valence-electron chi connectivity index (χ0n) is 13.7. The fourth-order valence-corrected chi connectivity index (χ4v) is 4.53. The summed E-state index contributed by atoms with van der Waals surface area (Å²) in [5.41, 5.74) is 6.44. The Kier molecular flexibility index (Phi) is 6.83. The Labute approximate surface area is 126 Å². The van der Waals surface area contributed by atoms with Gasteiger partial charge in [-0.05, 0) is 57.4 Å². The Bertz CT molecular complexity index is 242. The summed E-state index contributed by atoms with van der Waals surface area (Å²) >= 11 is 0. The van der Waals surface area contributed by atoms with Crippen molar-refractivity contribution in [2.45, 2.75) is 89.5 Å². The molecular weight excluding hydrogens is 244 g/mol. The summed E-state index contributed by atoms with van der Waals surface area (Å²) in [6.45, 7) is 5.55. The van der Waals surface area contributed by atoms with Gasteiger partial charge in [-0.15, -0.1) is 0 Å². The average molecular weight is 280 g/mol. The molecule has 3 fully saturated rings. The number of nitrogens with zero attached hydrogens (tertiary/aromatic N) is 1. The SMILES string of the molecule is CCCCCCCCN(CCN)C12CCC(CC1)CC2. The molecule has 2 nitrogen and oxygen atoms in total. The van der Waals surface area contributed by atoms with E-state index in [-0.39, 0.29) is 0 Å². The average Bonchev–Trinajstić information content (AvgIpc) is 2.51. The lowest BCUT2D eigenvalue weighted by atomic mass is 9.65. The van der Waals surface area contributed by atoms with E-state index < -0.39 is 0 Å². The van der Waals surface area contributed by atoms with E-state index in [0.717, 1.165) is 19.0 Å². The van der Waals surface area contributed by atoms with Gasteiger partial charge >= 0.3 is 0 Å². The van der Waals surface area contributed by atoms with Gasteiger partial charge in [0.25, 0.3) is 0 Å². The minimum Gasteiger partial charge on any atom is -0.329 e. The maximum absolute atomic E-state index is 5.89. The van der Waals surface area contributed by atoms with Gasteiger partial charge in [0, 0.05) is 18.6 Å². The van der Waals surface area contributed by atoms with E-state index in [1.54, 1.807) is 0 Å². The van der Waals surface area contributed by atoms with Crippen molar-refractivity contribution in [1.82, 2.24) is 4.90 Å². The lowest BCUT2D eigenvalue weighted by Gasteiger charge is -2.53. The number of rotatable bonds is 10. The zero-order valence-corrected chi connectivity index (χ0v) is 13.7. The first kappa shape index (κ1) is 16.3. The first-order chi connectivity index (χ1) is 9.80. The molecule has 3 rings (SSSR count). The molecule has 0 unspecified atom stereocenters. The highest BCUT2D eigenvalue weighted by Gasteiger charge is 2.43. The first-order valence-corrected chi connectivity index (χ1v) is 9.26. The summed E-state index contributed by atoms with van der Waals surface area (Å²) in [6, 6.07) is 0. The lowest BCUT2D eigenvalue weighted by molar-refractivity contribution is -0.0107. The monoisotopic (exact) mass is 280 g/mol. The van der Waals surface area contributed by atoms with Crippen LogP contribution in [-0.4, -0.2) is 30.1 Å². The minimum atomic E-state index is 0.553. The van der Waals surface area contributed by atoms with Crippen molar-refractivity contribution in [1.29, 1.82) is 0 Å². The third-order valence-corrected chi connectivity index (χ3v) is 5.91. The van der Waals surface area contributed by atoms with Crippen molar-refractivity contribution in [3.05, 3.63) is 0 Å². The number of nitrogens with two attached hydrogens (primary N) is 1. The minimum absolute atomic E-state index is 0.553. The standard InChI is InChI=1S/C18H36N2/c1-2-3-4-5-6-7-15-20(16-14-19)18-11-8-17(9-12-18)10-13-18/h17H,2-16,19H2,1H3.